The maximum absolute atomic E-state index is 11.6. The number of nitrogens with one attached hydrogen (secondary N) is 1. The first-order chi connectivity index (χ1) is 8.36. The van der Waals surface area contributed by atoms with Crippen LogP contribution in [0.25, 0.3) is 0 Å². The lowest BCUT2D eigenvalue weighted by Crippen LogP contribution is -2.40. The highest BCUT2D eigenvalue weighted by Crippen LogP contribution is 2.27. The molecule has 0 fully saturated rings. The SMILES string of the molecule is COC(=O)[C@@H](NC(=O)C(Cl)(Cl)Cl)c1ccccc1. The number of benzene rings is 1. The van der Waals surface area contributed by atoms with E-state index in [4.69, 9.17) is 34.8 Å². The van der Waals surface area contributed by atoms with E-state index in [1.54, 1.807) is 30.3 Å². The summed E-state index contributed by atoms with van der Waals surface area (Å²) in [5.74, 6) is -1.55. The first-order valence-electron chi connectivity index (χ1n) is 4.86. The van der Waals surface area contributed by atoms with Gasteiger partial charge in [-0.1, -0.05) is 65.1 Å². The third-order valence-corrected chi connectivity index (χ3v) is 2.62. The quantitative estimate of drug-likeness (QED) is 0.689. The Morgan fingerprint density at radius 1 is 1.22 bits per heavy atom. The van der Waals surface area contributed by atoms with E-state index in [0.717, 1.165) is 0 Å². The number of amides is 1. The minimum Gasteiger partial charge on any atom is -0.467 e. The summed E-state index contributed by atoms with van der Waals surface area (Å²) in [7, 11) is 1.21. The van der Waals surface area contributed by atoms with E-state index in [1.165, 1.54) is 7.11 Å². The number of hydrogen-bond acceptors (Lipinski definition) is 3. The van der Waals surface area contributed by atoms with Gasteiger partial charge in [-0.3, -0.25) is 4.79 Å². The van der Waals surface area contributed by atoms with E-state index in [9.17, 15) is 9.59 Å². The third-order valence-electron chi connectivity index (χ3n) is 2.10. The average Bonchev–Trinajstić information content (AvgIpc) is 2.34. The molecular weight excluding hydrogens is 300 g/mol. The number of alkyl halides is 3. The van der Waals surface area contributed by atoms with Crippen LogP contribution in [0.2, 0.25) is 0 Å². The van der Waals surface area contributed by atoms with Crippen LogP contribution in [0, 0.1) is 0 Å². The van der Waals surface area contributed by atoms with Gasteiger partial charge in [-0.2, -0.15) is 0 Å². The summed E-state index contributed by atoms with van der Waals surface area (Å²) in [5.41, 5.74) is 0.534. The van der Waals surface area contributed by atoms with Crippen LogP contribution >= 0.6 is 34.8 Å². The Balaban J connectivity index is 2.95. The molecule has 18 heavy (non-hydrogen) atoms. The Morgan fingerprint density at radius 2 is 1.78 bits per heavy atom. The van der Waals surface area contributed by atoms with Crippen LogP contribution in [-0.2, 0) is 14.3 Å². The standard InChI is InChI=1S/C11H10Cl3NO3/c1-18-9(16)8(7-5-3-2-4-6-7)15-10(17)11(12,13)14/h2-6,8H,1H3,(H,15,17)/t8-/m0/s1. The Labute approximate surface area is 119 Å². The van der Waals surface area contributed by atoms with E-state index < -0.39 is 21.7 Å². The predicted molar refractivity (Wildman–Crippen MR) is 69.6 cm³/mol. The van der Waals surface area contributed by atoms with Crippen LogP contribution in [0.1, 0.15) is 11.6 Å². The molecular formula is C11H10Cl3NO3. The first kappa shape index (κ1) is 15.1. The average molecular weight is 311 g/mol. The van der Waals surface area contributed by atoms with Gasteiger partial charge in [0.2, 0.25) is 0 Å². The summed E-state index contributed by atoms with van der Waals surface area (Å²) in [4.78, 5) is 23.2. The molecule has 0 aliphatic carbocycles. The number of methoxy groups -OCH3 is 1. The van der Waals surface area contributed by atoms with Crippen LogP contribution < -0.4 is 5.32 Å². The summed E-state index contributed by atoms with van der Waals surface area (Å²) in [6.07, 6.45) is 0. The molecule has 4 nitrogen and oxygen atoms in total. The fourth-order valence-electron chi connectivity index (χ4n) is 1.25. The fourth-order valence-corrected chi connectivity index (χ4v) is 1.42. The molecule has 0 unspecified atom stereocenters. The highest BCUT2D eigenvalue weighted by Gasteiger charge is 2.34. The number of hydrogen-bond donors (Lipinski definition) is 1. The van der Waals surface area contributed by atoms with Crippen molar-refractivity contribution in [3.05, 3.63) is 35.9 Å². The van der Waals surface area contributed by atoms with E-state index in [2.05, 4.69) is 10.1 Å². The van der Waals surface area contributed by atoms with Gasteiger partial charge in [0.15, 0.2) is 6.04 Å². The maximum atomic E-state index is 11.6. The molecule has 1 aromatic rings. The summed E-state index contributed by atoms with van der Waals surface area (Å²) in [6.45, 7) is 0. The molecule has 1 amide bonds. The second-order valence-electron chi connectivity index (χ2n) is 3.34. The van der Waals surface area contributed by atoms with Crippen molar-refractivity contribution in [2.75, 3.05) is 7.11 Å². The molecule has 0 heterocycles. The van der Waals surface area contributed by atoms with E-state index >= 15 is 0 Å². The van der Waals surface area contributed by atoms with Gasteiger partial charge in [0.05, 0.1) is 7.11 Å². The first-order valence-corrected chi connectivity index (χ1v) is 6.00. The van der Waals surface area contributed by atoms with Crippen molar-refractivity contribution >= 4 is 46.7 Å². The number of ether oxygens (including phenoxy) is 1. The predicted octanol–water partition coefficient (Wildman–Crippen LogP) is 2.39. The molecule has 0 aliphatic heterocycles. The molecule has 1 aromatic carbocycles. The van der Waals surface area contributed by atoms with Gasteiger partial charge in [0.1, 0.15) is 0 Å². The lowest BCUT2D eigenvalue weighted by atomic mass is 10.1. The van der Waals surface area contributed by atoms with Gasteiger partial charge >= 0.3 is 5.97 Å². The Morgan fingerprint density at radius 3 is 2.22 bits per heavy atom. The zero-order valence-electron chi connectivity index (χ0n) is 9.32. The number of rotatable bonds is 3. The molecule has 0 aromatic heterocycles. The minimum absolute atomic E-state index is 0.534. The Kier molecular flexibility index (Phi) is 5.26. The normalized spacial score (nSPS) is 12.7. The molecule has 0 bridgehead atoms. The lowest BCUT2D eigenvalue weighted by molar-refractivity contribution is -0.145. The molecule has 1 rings (SSSR count). The molecule has 0 saturated carbocycles. The second kappa shape index (κ2) is 6.27. The number of esters is 1. The lowest BCUT2D eigenvalue weighted by Gasteiger charge is -2.19. The maximum Gasteiger partial charge on any atom is 0.333 e. The van der Waals surface area contributed by atoms with Gasteiger partial charge in [-0.05, 0) is 5.56 Å². The van der Waals surface area contributed by atoms with Crippen molar-refractivity contribution in [2.24, 2.45) is 0 Å². The number of carbonyl (C=O) groups is 2. The monoisotopic (exact) mass is 309 g/mol. The molecule has 0 aliphatic rings. The summed E-state index contributed by atoms with van der Waals surface area (Å²) in [5, 5.41) is 2.31. The van der Waals surface area contributed by atoms with Crippen molar-refractivity contribution in [1.82, 2.24) is 5.32 Å². The van der Waals surface area contributed by atoms with Crippen molar-refractivity contribution in [3.8, 4) is 0 Å². The van der Waals surface area contributed by atoms with Gasteiger partial charge < -0.3 is 10.1 Å². The smallest absolute Gasteiger partial charge is 0.333 e. The van der Waals surface area contributed by atoms with Crippen LogP contribution in [0.15, 0.2) is 30.3 Å². The van der Waals surface area contributed by atoms with Crippen molar-refractivity contribution < 1.29 is 14.3 Å². The van der Waals surface area contributed by atoms with Crippen LogP contribution in [0.3, 0.4) is 0 Å². The van der Waals surface area contributed by atoms with Gasteiger partial charge in [0, 0.05) is 0 Å². The molecule has 0 saturated heterocycles. The molecule has 7 heteroatoms. The summed E-state index contributed by atoms with van der Waals surface area (Å²) >= 11 is 16.3. The minimum atomic E-state index is -2.14. The zero-order valence-corrected chi connectivity index (χ0v) is 11.6. The molecule has 0 spiro atoms. The largest absolute Gasteiger partial charge is 0.467 e. The van der Waals surface area contributed by atoms with Crippen LogP contribution in [0.4, 0.5) is 0 Å². The molecule has 0 radical (unpaired) electrons. The van der Waals surface area contributed by atoms with E-state index in [-0.39, 0.29) is 0 Å². The van der Waals surface area contributed by atoms with Crippen molar-refractivity contribution in [3.63, 3.8) is 0 Å². The Bertz CT molecular complexity index is 431. The van der Waals surface area contributed by atoms with E-state index in [1.807, 2.05) is 0 Å². The van der Waals surface area contributed by atoms with Gasteiger partial charge in [-0.25, -0.2) is 4.79 Å². The highest BCUT2D eigenvalue weighted by atomic mass is 35.6. The molecule has 1 N–H and O–H groups in total. The van der Waals surface area contributed by atoms with Crippen LogP contribution in [-0.4, -0.2) is 22.8 Å². The topological polar surface area (TPSA) is 55.4 Å². The molecule has 98 valence electrons. The number of halogens is 3. The summed E-state index contributed by atoms with van der Waals surface area (Å²) < 4.78 is 2.46. The van der Waals surface area contributed by atoms with Gasteiger partial charge in [0.25, 0.3) is 9.70 Å². The zero-order chi connectivity index (χ0) is 13.8. The van der Waals surface area contributed by atoms with E-state index in [0.29, 0.717) is 5.56 Å². The summed E-state index contributed by atoms with van der Waals surface area (Å²) in [6, 6.07) is 7.49. The third kappa shape index (κ3) is 4.05. The fraction of sp³-hybridized carbons (Fsp3) is 0.273. The molecule has 1 atom stereocenters. The van der Waals surface area contributed by atoms with Gasteiger partial charge in [-0.15, -0.1) is 0 Å². The van der Waals surface area contributed by atoms with Crippen molar-refractivity contribution in [2.45, 2.75) is 9.83 Å². The Hall–Kier alpha value is -0.970. The second-order valence-corrected chi connectivity index (χ2v) is 5.62. The number of carbonyl (C=O) groups excluding carboxylic acids is 2. The van der Waals surface area contributed by atoms with Crippen molar-refractivity contribution in [1.29, 1.82) is 0 Å². The van der Waals surface area contributed by atoms with Crippen LogP contribution in [0.5, 0.6) is 0 Å². The highest BCUT2D eigenvalue weighted by molar-refractivity contribution is 6.76.